The Hall–Kier alpha value is -1.30. The quantitative estimate of drug-likeness (QED) is 0.806. The first kappa shape index (κ1) is 14.8. The summed E-state index contributed by atoms with van der Waals surface area (Å²) < 4.78 is 5.25. The minimum absolute atomic E-state index is 0.109. The average Bonchev–Trinajstić information content (AvgIpc) is 2.17. The fraction of sp³-hybridized carbons (Fsp3) is 0.833. The number of carbonyl (C=O) groups excluding carboxylic acids is 2. The maximum atomic E-state index is 12.0. The van der Waals surface area contributed by atoms with Gasteiger partial charge in [0.1, 0.15) is 5.60 Å². The number of aliphatic hydroxyl groups is 1. The number of carbonyl (C=O) groups is 2. The fourth-order valence-electron chi connectivity index (χ4n) is 1.72. The summed E-state index contributed by atoms with van der Waals surface area (Å²) in [6.45, 7) is 7.45. The van der Waals surface area contributed by atoms with Crippen LogP contribution < -0.4 is 0 Å². The number of β-amino-alcohol motifs (C(OH)–C–C–N with tert-alkyl or cyclic N) is 1. The zero-order valence-corrected chi connectivity index (χ0v) is 11.5. The van der Waals surface area contributed by atoms with Crippen LogP contribution in [-0.2, 0) is 9.53 Å². The number of ether oxygens (including phenoxy) is 1. The number of aliphatic hydroxyl groups excluding tert-OH is 1. The van der Waals surface area contributed by atoms with Crippen molar-refractivity contribution >= 4 is 12.0 Å². The molecule has 1 aliphatic heterocycles. The van der Waals surface area contributed by atoms with Crippen LogP contribution >= 0.6 is 0 Å². The molecule has 0 aromatic carbocycles. The normalized spacial score (nSPS) is 18.8. The number of nitrogens with zero attached hydrogens (tertiary/aromatic N) is 2. The lowest BCUT2D eigenvalue weighted by molar-refractivity contribution is -0.156. The molecule has 1 rings (SSSR count). The Kier molecular flexibility index (Phi) is 4.56. The van der Waals surface area contributed by atoms with Gasteiger partial charge < -0.3 is 9.84 Å². The Balaban J connectivity index is 2.76. The van der Waals surface area contributed by atoms with Crippen LogP contribution in [0.15, 0.2) is 0 Å². The van der Waals surface area contributed by atoms with Gasteiger partial charge in [0, 0.05) is 13.0 Å². The SMILES string of the molecule is CC(O)CN1C(=O)CCCN1C(=O)OC(C)(C)C. The van der Waals surface area contributed by atoms with Crippen molar-refractivity contribution in [2.75, 3.05) is 13.1 Å². The summed E-state index contributed by atoms with van der Waals surface area (Å²) in [5.74, 6) is -0.159. The highest BCUT2D eigenvalue weighted by molar-refractivity contribution is 5.80. The van der Waals surface area contributed by atoms with Crippen LogP contribution in [0.3, 0.4) is 0 Å². The Bertz CT molecular complexity index is 323. The number of rotatable bonds is 2. The molecule has 6 heteroatoms. The van der Waals surface area contributed by atoms with Crippen molar-refractivity contribution < 1.29 is 19.4 Å². The third-order valence-corrected chi connectivity index (χ3v) is 2.38. The molecule has 0 radical (unpaired) electrons. The van der Waals surface area contributed by atoms with Crippen molar-refractivity contribution in [2.24, 2.45) is 0 Å². The van der Waals surface area contributed by atoms with Gasteiger partial charge in [0.05, 0.1) is 12.6 Å². The van der Waals surface area contributed by atoms with Gasteiger partial charge >= 0.3 is 6.09 Å². The second kappa shape index (κ2) is 5.56. The highest BCUT2D eigenvalue weighted by atomic mass is 16.6. The molecule has 104 valence electrons. The van der Waals surface area contributed by atoms with E-state index in [1.807, 2.05) is 0 Å². The molecule has 0 saturated carbocycles. The molecule has 1 unspecified atom stereocenters. The number of amides is 2. The van der Waals surface area contributed by atoms with Crippen molar-refractivity contribution in [1.82, 2.24) is 10.0 Å². The summed E-state index contributed by atoms with van der Waals surface area (Å²) in [5.41, 5.74) is -0.603. The van der Waals surface area contributed by atoms with E-state index in [1.54, 1.807) is 27.7 Å². The van der Waals surface area contributed by atoms with E-state index in [1.165, 1.54) is 10.0 Å². The Morgan fingerprint density at radius 2 is 2.11 bits per heavy atom. The molecule has 0 aromatic rings. The molecule has 0 bridgehead atoms. The maximum absolute atomic E-state index is 12.0. The fourth-order valence-corrected chi connectivity index (χ4v) is 1.72. The van der Waals surface area contributed by atoms with E-state index >= 15 is 0 Å². The second-order valence-corrected chi connectivity index (χ2v) is 5.53. The summed E-state index contributed by atoms with van der Waals surface area (Å²) >= 11 is 0. The van der Waals surface area contributed by atoms with E-state index in [9.17, 15) is 14.7 Å². The van der Waals surface area contributed by atoms with Gasteiger partial charge in [-0.25, -0.2) is 14.8 Å². The molecule has 2 amide bonds. The molecule has 1 N–H and O–H groups in total. The van der Waals surface area contributed by atoms with E-state index in [0.29, 0.717) is 19.4 Å². The number of hydrogen-bond acceptors (Lipinski definition) is 4. The maximum Gasteiger partial charge on any atom is 0.429 e. The summed E-state index contributed by atoms with van der Waals surface area (Å²) in [5, 5.41) is 11.9. The van der Waals surface area contributed by atoms with Crippen LogP contribution in [0.1, 0.15) is 40.5 Å². The second-order valence-electron chi connectivity index (χ2n) is 5.53. The molecule has 18 heavy (non-hydrogen) atoms. The first-order chi connectivity index (χ1) is 8.20. The molecule has 0 spiro atoms. The number of hydrazine groups is 1. The lowest BCUT2D eigenvalue weighted by Crippen LogP contribution is -2.56. The van der Waals surface area contributed by atoms with Gasteiger partial charge in [-0.15, -0.1) is 0 Å². The van der Waals surface area contributed by atoms with E-state index in [4.69, 9.17) is 4.74 Å². The molecule has 1 saturated heterocycles. The van der Waals surface area contributed by atoms with Crippen LogP contribution in [0.4, 0.5) is 4.79 Å². The van der Waals surface area contributed by atoms with Crippen LogP contribution in [0.25, 0.3) is 0 Å². The monoisotopic (exact) mass is 258 g/mol. The van der Waals surface area contributed by atoms with Crippen molar-refractivity contribution in [3.05, 3.63) is 0 Å². The van der Waals surface area contributed by atoms with Crippen LogP contribution in [0, 0.1) is 0 Å². The van der Waals surface area contributed by atoms with Crippen molar-refractivity contribution in [2.45, 2.75) is 52.2 Å². The van der Waals surface area contributed by atoms with E-state index < -0.39 is 17.8 Å². The van der Waals surface area contributed by atoms with Gasteiger partial charge in [-0.3, -0.25) is 4.79 Å². The van der Waals surface area contributed by atoms with E-state index in [2.05, 4.69) is 0 Å². The number of hydrogen-bond donors (Lipinski definition) is 1. The third-order valence-electron chi connectivity index (χ3n) is 2.38. The summed E-state index contributed by atoms with van der Waals surface area (Å²) in [7, 11) is 0. The molecule has 1 atom stereocenters. The van der Waals surface area contributed by atoms with Gasteiger partial charge in [0.2, 0.25) is 5.91 Å². The lowest BCUT2D eigenvalue weighted by atomic mass is 10.2. The average molecular weight is 258 g/mol. The highest BCUT2D eigenvalue weighted by Gasteiger charge is 2.33. The molecule has 1 fully saturated rings. The van der Waals surface area contributed by atoms with Gasteiger partial charge in [-0.1, -0.05) is 0 Å². The Labute approximate surface area is 107 Å². The van der Waals surface area contributed by atoms with Gasteiger partial charge in [-0.2, -0.15) is 0 Å². The Morgan fingerprint density at radius 1 is 1.50 bits per heavy atom. The van der Waals surface area contributed by atoms with Gasteiger partial charge in [0.25, 0.3) is 0 Å². The van der Waals surface area contributed by atoms with Crippen molar-refractivity contribution in [3.8, 4) is 0 Å². The Morgan fingerprint density at radius 3 is 2.61 bits per heavy atom. The first-order valence-electron chi connectivity index (χ1n) is 6.19. The zero-order chi connectivity index (χ0) is 13.9. The largest absolute Gasteiger partial charge is 0.442 e. The summed E-state index contributed by atoms with van der Waals surface area (Å²) in [6, 6.07) is 0. The molecule has 0 aliphatic carbocycles. The summed E-state index contributed by atoms with van der Waals surface area (Å²) in [4.78, 5) is 23.8. The molecule has 0 aromatic heterocycles. The van der Waals surface area contributed by atoms with Crippen LogP contribution in [0.2, 0.25) is 0 Å². The molecule has 1 heterocycles. The van der Waals surface area contributed by atoms with Gasteiger partial charge in [0.15, 0.2) is 0 Å². The molecule has 1 aliphatic rings. The van der Waals surface area contributed by atoms with Crippen molar-refractivity contribution in [1.29, 1.82) is 0 Å². The third kappa shape index (κ3) is 4.18. The zero-order valence-electron chi connectivity index (χ0n) is 11.5. The minimum atomic E-state index is -0.683. The standard InChI is InChI=1S/C12H22N2O4/c1-9(15)8-14-10(16)6-5-7-13(14)11(17)18-12(2,3)4/h9,15H,5-8H2,1-4H3. The van der Waals surface area contributed by atoms with Crippen LogP contribution in [-0.4, -0.2) is 51.9 Å². The molecular weight excluding hydrogens is 236 g/mol. The smallest absolute Gasteiger partial charge is 0.429 e. The predicted octanol–water partition coefficient (Wildman–Crippen LogP) is 1.14. The molecule has 6 nitrogen and oxygen atoms in total. The summed E-state index contributed by atoms with van der Waals surface area (Å²) in [6.07, 6.45) is -0.214. The topological polar surface area (TPSA) is 70.1 Å². The predicted molar refractivity (Wildman–Crippen MR) is 65.6 cm³/mol. The highest BCUT2D eigenvalue weighted by Crippen LogP contribution is 2.17. The minimum Gasteiger partial charge on any atom is -0.442 e. The first-order valence-corrected chi connectivity index (χ1v) is 6.19. The molecular formula is C12H22N2O4. The van der Waals surface area contributed by atoms with Crippen molar-refractivity contribution in [3.63, 3.8) is 0 Å². The lowest BCUT2D eigenvalue weighted by Gasteiger charge is -2.39. The van der Waals surface area contributed by atoms with Gasteiger partial charge in [-0.05, 0) is 34.1 Å². The van der Waals surface area contributed by atoms with E-state index in [-0.39, 0.29) is 12.5 Å². The van der Waals surface area contributed by atoms with E-state index in [0.717, 1.165) is 0 Å². The van der Waals surface area contributed by atoms with Crippen LogP contribution in [0.5, 0.6) is 0 Å².